The fourth-order valence-corrected chi connectivity index (χ4v) is 6.43. The van der Waals surface area contributed by atoms with E-state index < -0.39 is 5.92 Å². The largest absolute Gasteiger partial charge is 0.474 e. The molecule has 0 saturated heterocycles. The molecular weight excluding hydrogens is 524 g/mol. The smallest absolute Gasteiger partial charge is 0.248 e. The third-order valence-electron chi connectivity index (χ3n) is 8.33. The Morgan fingerprint density at radius 3 is 2.56 bits per heavy atom. The molecule has 3 heterocycles. The second-order valence-corrected chi connectivity index (χ2v) is 11.5. The van der Waals surface area contributed by atoms with Gasteiger partial charge in [-0.1, -0.05) is 17.7 Å². The Balaban J connectivity index is 1.19. The first-order valence-electron chi connectivity index (χ1n) is 13.8. The maximum absolute atomic E-state index is 13.6. The number of aromatic nitrogens is 4. The first-order valence-corrected chi connectivity index (χ1v) is 14.2. The van der Waals surface area contributed by atoms with Crippen LogP contribution in [-0.4, -0.2) is 43.7 Å². The van der Waals surface area contributed by atoms with Crippen LogP contribution in [0, 0.1) is 5.92 Å². The van der Waals surface area contributed by atoms with Crippen LogP contribution in [0.1, 0.15) is 74.5 Å². The minimum absolute atomic E-state index is 0.119. The Labute approximate surface area is 231 Å². The molecule has 7 nitrogen and oxygen atoms in total. The lowest BCUT2D eigenvalue weighted by Crippen LogP contribution is -2.43. The van der Waals surface area contributed by atoms with Crippen LogP contribution in [0.5, 0.6) is 5.88 Å². The third kappa shape index (κ3) is 5.78. The van der Waals surface area contributed by atoms with E-state index in [2.05, 4.69) is 25.1 Å². The number of pyridine rings is 1. The van der Waals surface area contributed by atoms with Crippen LogP contribution in [0.15, 0.2) is 42.6 Å². The Morgan fingerprint density at radius 1 is 1.03 bits per heavy atom. The zero-order valence-corrected chi connectivity index (χ0v) is 22.4. The second-order valence-electron chi connectivity index (χ2n) is 11.1. The van der Waals surface area contributed by atoms with E-state index in [0.29, 0.717) is 23.7 Å². The Hall–Kier alpha value is -3.07. The van der Waals surface area contributed by atoms with Gasteiger partial charge in [0.15, 0.2) is 0 Å². The summed E-state index contributed by atoms with van der Waals surface area (Å²) in [6.07, 6.45) is 6.53. The average molecular weight is 556 g/mol. The van der Waals surface area contributed by atoms with Crippen LogP contribution in [0.3, 0.4) is 0 Å². The SMILES string of the molecule is O=C(N[C@H]1Cc2cc(Cl)ccc2-n2c(nnc2C2CCC(Oc3ccccn3)CC2)C1)C1CCC(F)(F)CC1. The van der Waals surface area contributed by atoms with Gasteiger partial charge in [-0.2, -0.15) is 0 Å². The van der Waals surface area contributed by atoms with Gasteiger partial charge in [-0.3, -0.25) is 9.36 Å². The number of fused-ring (bicyclic) bond motifs is 3. The predicted octanol–water partition coefficient (Wildman–Crippen LogP) is 5.83. The van der Waals surface area contributed by atoms with Gasteiger partial charge in [0.1, 0.15) is 17.8 Å². The summed E-state index contributed by atoms with van der Waals surface area (Å²) in [7, 11) is 0. The van der Waals surface area contributed by atoms with Crippen LogP contribution >= 0.6 is 11.6 Å². The zero-order chi connectivity index (χ0) is 27.0. The highest BCUT2D eigenvalue weighted by Crippen LogP contribution is 2.38. The zero-order valence-electron chi connectivity index (χ0n) is 21.7. The minimum Gasteiger partial charge on any atom is -0.474 e. The number of benzene rings is 1. The number of carbonyl (C=O) groups excluding carboxylic acids is 1. The molecule has 3 aromatic rings. The van der Waals surface area contributed by atoms with E-state index in [1.54, 1.807) is 6.20 Å². The van der Waals surface area contributed by atoms with Crippen molar-refractivity contribution in [1.82, 2.24) is 25.1 Å². The molecule has 0 spiro atoms. The van der Waals surface area contributed by atoms with Gasteiger partial charge in [-0.05, 0) is 74.8 Å². The highest BCUT2D eigenvalue weighted by atomic mass is 35.5. The predicted molar refractivity (Wildman–Crippen MR) is 142 cm³/mol. The summed E-state index contributed by atoms with van der Waals surface area (Å²) in [5.41, 5.74) is 1.99. The van der Waals surface area contributed by atoms with E-state index in [0.717, 1.165) is 48.6 Å². The summed E-state index contributed by atoms with van der Waals surface area (Å²) >= 11 is 6.39. The van der Waals surface area contributed by atoms with Crippen molar-refractivity contribution in [3.63, 3.8) is 0 Å². The quantitative estimate of drug-likeness (QED) is 0.428. The number of hydrogen-bond acceptors (Lipinski definition) is 5. The standard InChI is InChI=1S/C29H32ClF2N5O2/c30-21-6-9-24-20(15-21)16-22(34-28(38)19-10-12-29(31,32)13-11-19)17-25-35-36-27(37(24)25)18-4-7-23(8-5-18)39-26-3-1-2-14-33-26/h1-3,6,9,14-15,18-19,22-23H,4-5,7-8,10-13,16-17H2,(H,34,38)/t18?,22-,23?/m0/s1. The van der Waals surface area contributed by atoms with Crippen LogP contribution in [-0.2, 0) is 17.6 Å². The number of nitrogens with zero attached hydrogens (tertiary/aromatic N) is 4. The Kier molecular flexibility index (Phi) is 7.27. The highest BCUT2D eigenvalue weighted by molar-refractivity contribution is 6.30. The van der Waals surface area contributed by atoms with Crippen molar-refractivity contribution in [2.45, 2.75) is 88.2 Å². The molecule has 2 aliphatic carbocycles. The van der Waals surface area contributed by atoms with E-state index in [9.17, 15) is 13.6 Å². The molecule has 39 heavy (non-hydrogen) atoms. The summed E-state index contributed by atoms with van der Waals surface area (Å²) < 4.78 is 35.5. The van der Waals surface area contributed by atoms with E-state index in [1.165, 1.54) is 0 Å². The summed E-state index contributed by atoms with van der Waals surface area (Å²) in [6, 6.07) is 11.3. The number of nitrogens with one attached hydrogen (secondary N) is 1. The number of amides is 1. The minimum atomic E-state index is -2.66. The number of rotatable bonds is 5. The van der Waals surface area contributed by atoms with Crippen molar-refractivity contribution in [2.75, 3.05) is 0 Å². The molecule has 2 saturated carbocycles. The summed E-state index contributed by atoms with van der Waals surface area (Å²) in [5.74, 6) is -0.607. The molecule has 10 heteroatoms. The molecule has 6 rings (SSSR count). The van der Waals surface area contributed by atoms with Gasteiger partial charge in [0, 0.05) is 54.4 Å². The number of ether oxygens (including phenoxy) is 1. The third-order valence-corrected chi connectivity index (χ3v) is 8.57. The summed E-state index contributed by atoms with van der Waals surface area (Å²) in [5, 5.41) is 13.0. The van der Waals surface area contributed by atoms with Crippen LogP contribution in [0.4, 0.5) is 8.78 Å². The number of hydrogen-bond donors (Lipinski definition) is 1. The van der Waals surface area contributed by atoms with E-state index in [1.807, 2.05) is 36.4 Å². The molecule has 1 N–H and O–H groups in total. The molecule has 2 aromatic heterocycles. The van der Waals surface area contributed by atoms with Crippen LogP contribution < -0.4 is 10.1 Å². The van der Waals surface area contributed by atoms with Crippen molar-refractivity contribution in [3.05, 3.63) is 64.8 Å². The lowest BCUT2D eigenvalue weighted by Gasteiger charge is -2.28. The molecule has 1 atom stereocenters. The molecule has 2 fully saturated rings. The lowest BCUT2D eigenvalue weighted by molar-refractivity contribution is -0.129. The van der Waals surface area contributed by atoms with Crippen LogP contribution in [0.25, 0.3) is 5.69 Å². The first-order chi connectivity index (χ1) is 18.8. The van der Waals surface area contributed by atoms with Crippen LogP contribution in [0.2, 0.25) is 5.02 Å². The van der Waals surface area contributed by atoms with Gasteiger partial charge in [0.2, 0.25) is 17.7 Å². The van der Waals surface area contributed by atoms with Crippen molar-refractivity contribution >= 4 is 17.5 Å². The van der Waals surface area contributed by atoms with Crippen molar-refractivity contribution in [2.24, 2.45) is 5.92 Å². The maximum Gasteiger partial charge on any atom is 0.248 e. The lowest BCUT2D eigenvalue weighted by atomic mass is 9.86. The van der Waals surface area contributed by atoms with E-state index in [-0.39, 0.29) is 55.6 Å². The van der Waals surface area contributed by atoms with Gasteiger partial charge in [0.25, 0.3) is 0 Å². The topological polar surface area (TPSA) is 81.9 Å². The molecule has 206 valence electrons. The fraction of sp³-hybridized carbons (Fsp3) is 0.517. The monoisotopic (exact) mass is 555 g/mol. The highest BCUT2D eigenvalue weighted by Gasteiger charge is 2.38. The summed E-state index contributed by atoms with van der Waals surface area (Å²) in [6.45, 7) is 0. The number of alkyl halides is 2. The Morgan fingerprint density at radius 2 is 1.82 bits per heavy atom. The molecule has 1 aromatic carbocycles. The molecule has 0 unspecified atom stereocenters. The Bertz CT molecular complexity index is 1320. The molecule has 3 aliphatic rings. The molecular formula is C29H32ClF2N5O2. The fourth-order valence-electron chi connectivity index (χ4n) is 6.23. The van der Waals surface area contributed by atoms with Crippen molar-refractivity contribution < 1.29 is 18.3 Å². The molecule has 1 aliphatic heterocycles. The molecule has 0 radical (unpaired) electrons. The maximum atomic E-state index is 13.6. The average Bonchev–Trinajstić information content (AvgIpc) is 3.26. The second kappa shape index (κ2) is 10.8. The first kappa shape index (κ1) is 26.2. The molecule has 1 amide bonds. The normalized spacial score (nSPS) is 24.7. The van der Waals surface area contributed by atoms with Crippen molar-refractivity contribution in [1.29, 1.82) is 0 Å². The van der Waals surface area contributed by atoms with Crippen molar-refractivity contribution in [3.8, 4) is 11.6 Å². The van der Waals surface area contributed by atoms with Gasteiger partial charge in [-0.25, -0.2) is 13.8 Å². The number of halogens is 3. The van der Waals surface area contributed by atoms with Gasteiger partial charge in [-0.15, -0.1) is 10.2 Å². The van der Waals surface area contributed by atoms with E-state index in [4.69, 9.17) is 16.3 Å². The van der Waals surface area contributed by atoms with Gasteiger partial charge >= 0.3 is 0 Å². The van der Waals surface area contributed by atoms with E-state index >= 15 is 0 Å². The van der Waals surface area contributed by atoms with Gasteiger partial charge in [0.05, 0.1) is 5.69 Å². The molecule has 0 bridgehead atoms. The van der Waals surface area contributed by atoms with Gasteiger partial charge < -0.3 is 10.1 Å². The number of carbonyl (C=O) groups is 1. The summed E-state index contributed by atoms with van der Waals surface area (Å²) in [4.78, 5) is 17.3.